The molecule has 0 aliphatic heterocycles. The van der Waals surface area contributed by atoms with Crippen LogP contribution < -0.4 is 5.32 Å². The first-order valence-corrected chi connectivity index (χ1v) is 10.3. The number of aromatic nitrogens is 4. The molecule has 0 saturated heterocycles. The maximum absolute atomic E-state index is 13.1. The van der Waals surface area contributed by atoms with E-state index in [1.165, 1.54) is 4.68 Å². The molecule has 0 amide bonds. The summed E-state index contributed by atoms with van der Waals surface area (Å²) in [5.74, 6) is -2.65. The zero-order chi connectivity index (χ0) is 22.9. The molecule has 9 heteroatoms. The first-order valence-electron chi connectivity index (χ1n) is 10.3. The Morgan fingerprint density at radius 2 is 2.03 bits per heavy atom. The highest BCUT2D eigenvalue weighted by Crippen LogP contribution is 2.45. The summed E-state index contributed by atoms with van der Waals surface area (Å²) in [4.78, 5) is 21.1. The first-order chi connectivity index (χ1) is 15.2. The molecule has 2 heterocycles. The van der Waals surface area contributed by atoms with Gasteiger partial charge in [0.05, 0.1) is 35.6 Å². The Balaban J connectivity index is 1.48. The molecule has 1 saturated carbocycles. The van der Waals surface area contributed by atoms with Crippen LogP contribution in [0, 0.1) is 24.2 Å². The summed E-state index contributed by atoms with van der Waals surface area (Å²) in [6.45, 7) is 3.61. The minimum atomic E-state index is -2.60. The van der Waals surface area contributed by atoms with Gasteiger partial charge in [0.1, 0.15) is 0 Å². The zero-order valence-electron chi connectivity index (χ0n) is 17.7. The number of aryl methyl sites for hydroxylation is 1. The molecule has 1 fully saturated rings. The average molecular weight is 436 g/mol. The fourth-order valence-electron chi connectivity index (χ4n) is 3.60. The molecule has 32 heavy (non-hydrogen) atoms. The van der Waals surface area contributed by atoms with Crippen LogP contribution in [0.25, 0.3) is 11.3 Å². The van der Waals surface area contributed by atoms with Crippen molar-refractivity contribution in [2.45, 2.75) is 45.1 Å². The predicted octanol–water partition coefficient (Wildman–Crippen LogP) is 5.09. The Kier molecular flexibility index (Phi) is 5.70. The Labute approximate surface area is 184 Å². The van der Waals surface area contributed by atoms with E-state index in [1.807, 2.05) is 19.1 Å². The van der Waals surface area contributed by atoms with Gasteiger partial charge in [-0.2, -0.15) is 10.4 Å². The summed E-state index contributed by atoms with van der Waals surface area (Å²) >= 11 is 0. The third-order valence-corrected chi connectivity index (χ3v) is 5.46. The molecule has 2 aromatic heterocycles. The highest BCUT2D eigenvalue weighted by atomic mass is 19.3. The Morgan fingerprint density at radius 1 is 1.31 bits per heavy atom. The molecular weight excluding hydrogens is 414 g/mol. The number of Topliss-reactive ketones (excluding diaryl/α,β-unsaturated/α-hetero) is 1. The second-order valence-corrected chi connectivity index (χ2v) is 8.21. The number of benzene rings is 1. The van der Waals surface area contributed by atoms with Gasteiger partial charge in [0, 0.05) is 42.8 Å². The smallest absolute Gasteiger partial charge is 0.252 e. The minimum absolute atomic E-state index is 0.0754. The SMILES string of the molecule is Cc1cnc(Nc2cnn(C3CC(F)(F)C3)c2)nc1-c1ccc(C(=O)C[C@@H](C)C#N)cc1. The van der Waals surface area contributed by atoms with E-state index < -0.39 is 5.92 Å². The third kappa shape index (κ3) is 4.64. The molecular formula is C23H22F2N6O. The summed E-state index contributed by atoms with van der Waals surface area (Å²) in [7, 11) is 0. The number of rotatable bonds is 7. The number of alkyl halides is 2. The van der Waals surface area contributed by atoms with Gasteiger partial charge in [0.15, 0.2) is 5.78 Å². The van der Waals surface area contributed by atoms with Gasteiger partial charge < -0.3 is 5.32 Å². The van der Waals surface area contributed by atoms with Gasteiger partial charge in [-0.05, 0) is 19.4 Å². The summed E-state index contributed by atoms with van der Waals surface area (Å²) < 4.78 is 27.7. The van der Waals surface area contributed by atoms with Crippen molar-refractivity contribution < 1.29 is 13.6 Å². The number of halogens is 2. The van der Waals surface area contributed by atoms with Crippen LogP contribution in [0.1, 0.15) is 48.1 Å². The van der Waals surface area contributed by atoms with E-state index in [1.54, 1.807) is 37.6 Å². The van der Waals surface area contributed by atoms with Crippen LogP contribution >= 0.6 is 0 Å². The quantitative estimate of drug-likeness (QED) is 0.518. The van der Waals surface area contributed by atoms with Gasteiger partial charge in [0.25, 0.3) is 5.92 Å². The predicted molar refractivity (Wildman–Crippen MR) is 115 cm³/mol. The molecule has 3 aromatic rings. The van der Waals surface area contributed by atoms with Crippen molar-refractivity contribution in [3.63, 3.8) is 0 Å². The van der Waals surface area contributed by atoms with E-state index in [0.29, 0.717) is 22.9 Å². The first kappa shape index (κ1) is 21.6. The largest absolute Gasteiger partial charge is 0.321 e. The number of anilines is 2. The fraction of sp³-hybridized carbons (Fsp3) is 0.348. The van der Waals surface area contributed by atoms with Crippen molar-refractivity contribution in [3.8, 4) is 17.3 Å². The lowest BCUT2D eigenvalue weighted by Crippen LogP contribution is -2.37. The summed E-state index contributed by atoms with van der Waals surface area (Å²) in [6.07, 6.45) is 4.70. The third-order valence-electron chi connectivity index (χ3n) is 5.46. The Hall–Kier alpha value is -3.67. The van der Waals surface area contributed by atoms with Crippen molar-refractivity contribution in [2.24, 2.45) is 5.92 Å². The normalized spacial score (nSPS) is 16.1. The molecule has 1 atom stereocenters. The molecule has 7 nitrogen and oxygen atoms in total. The monoisotopic (exact) mass is 436 g/mol. The molecule has 164 valence electrons. The lowest BCUT2D eigenvalue weighted by molar-refractivity contribution is -0.106. The topological polar surface area (TPSA) is 96.5 Å². The van der Waals surface area contributed by atoms with Crippen LogP contribution in [0.3, 0.4) is 0 Å². The molecule has 0 spiro atoms. The lowest BCUT2D eigenvalue weighted by Gasteiger charge is -2.34. The molecule has 0 radical (unpaired) electrons. The standard InChI is InChI=1S/C23H22F2N6O/c1-14(10-26)7-20(32)16-3-5-17(6-4-16)21-15(2)11-27-22(30-21)29-18-12-28-31(13-18)19-8-23(24,25)9-19/h3-6,11-14,19H,7-9H2,1-2H3,(H,27,29,30)/t14-/m1/s1. The average Bonchev–Trinajstić information content (AvgIpc) is 3.21. The van der Waals surface area contributed by atoms with Gasteiger partial charge in [0.2, 0.25) is 5.95 Å². The van der Waals surface area contributed by atoms with Crippen molar-refractivity contribution in [1.82, 2.24) is 19.7 Å². The second-order valence-electron chi connectivity index (χ2n) is 8.21. The van der Waals surface area contributed by atoms with E-state index in [2.05, 4.69) is 26.5 Å². The lowest BCUT2D eigenvalue weighted by atomic mass is 9.88. The van der Waals surface area contributed by atoms with Gasteiger partial charge in [-0.3, -0.25) is 9.48 Å². The zero-order valence-corrected chi connectivity index (χ0v) is 17.7. The maximum Gasteiger partial charge on any atom is 0.252 e. The number of carbonyl (C=O) groups is 1. The minimum Gasteiger partial charge on any atom is -0.321 e. The number of nitrogens with one attached hydrogen (secondary N) is 1. The number of ketones is 1. The van der Waals surface area contributed by atoms with Gasteiger partial charge in [-0.1, -0.05) is 24.3 Å². The van der Waals surface area contributed by atoms with Gasteiger partial charge in [-0.25, -0.2) is 18.7 Å². The van der Waals surface area contributed by atoms with Gasteiger partial charge in [-0.15, -0.1) is 0 Å². The van der Waals surface area contributed by atoms with E-state index in [-0.39, 0.29) is 37.0 Å². The van der Waals surface area contributed by atoms with Crippen LogP contribution in [-0.2, 0) is 0 Å². The van der Waals surface area contributed by atoms with Crippen LogP contribution in [0.15, 0.2) is 42.9 Å². The number of carbonyl (C=O) groups excluding carboxylic acids is 1. The molecule has 0 unspecified atom stereocenters. The van der Waals surface area contributed by atoms with E-state index in [9.17, 15) is 13.6 Å². The summed E-state index contributed by atoms with van der Waals surface area (Å²) in [6, 6.07) is 8.87. The highest BCUT2D eigenvalue weighted by Gasteiger charge is 2.46. The number of hydrogen-bond acceptors (Lipinski definition) is 6. The fourth-order valence-corrected chi connectivity index (χ4v) is 3.60. The Bertz CT molecular complexity index is 1170. The number of hydrogen-bond donors (Lipinski definition) is 1. The molecule has 1 aliphatic rings. The van der Waals surface area contributed by atoms with Crippen LogP contribution in [-0.4, -0.2) is 31.5 Å². The van der Waals surface area contributed by atoms with E-state index in [0.717, 1.165) is 11.1 Å². The number of nitrogens with zero attached hydrogens (tertiary/aromatic N) is 5. The maximum atomic E-state index is 13.1. The number of nitriles is 1. The van der Waals surface area contributed by atoms with E-state index >= 15 is 0 Å². The van der Waals surface area contributed by atoms with Crippen molar-refractivity contribution in [3.05, 3.63) is 54.0 Å². The molecule has 4 rings (SSSR count). The van der Waals surface area contributed by atoms with Gasteiger partial charge >= 0.3 is 0 Å². The second kappa shape index (κ2) is 8.46. The van der Waals surface area contributed by atoms with Crippen molar-refractivity contribution in [1.29, 1.82) is 5.26 Å². The highest BCUT2D eigenvalue weighted by molar-refractivity contribution is 5.96. The van der Waals surface area contributed by atoms with Crippen molar-refractivity contribution in [2.75, 3.05) is 5.32 Å². The van der Waals surface area contributed by atoms with Crippen LogP contribution in [0.5, 0.6) is 0 Å². The molecule has 0 bridgehead atoms. The van der Waals surface area contributed by atoms with Crippen LogP contribution in [0.4, 0.5) is 20.4 Å². The summed E-state index contributed by atoms with van der Waals surface area (Å²) in [5, 5.41) is 16.1. The molecule has 1 N–H and O–H groups in total. The van der Waals surface area contributed by atoms with Crippen molar-refractivity contribution >= 4 is 17.4 Å². The summed E-state index contributed by atoms with van der Waals surface area (Å²) in [5.41, 5.74) is 3.56. The van der Waals surface area contributed by atoms with Crippen LogP contribution in [0.2, 0.25) is 0 Å². The Morgan fingerprint density at radius 3 is 2.69 bits per heavy atom. The molecule has 1 aliphatic carbocycles. The van der Waals surface area contributed by atoms with E-state index in [4.69, 9.17) is 5.26 Å². The molecule has 1 aromatic carbocycles.